The second-order valence-corrected chi connectivity index (χ2v) is 9.30. The maximum absolute atomic E-state index is 13.5. The van der Waals surface area contributed by atoms with Gasteiger partial charge in [0.25, 0.3) is 5.91 Å². The van der Waals surface area contributed by atoms with Crippen LogP contribution < -0.4 is 0 Å². The summed E-state index contributed by atoms with van der Waals surface area (Å²) in [6, 6.07) is 11.0. The Morgan fingerprint density at radius 2 is 1.83 bits per heavy atom. The van der Waals surface area contributed by atoms with Gasteiger partial charge >= 0.3 is 0 Å². The van der Waals surface area contributed by atoms with Gasteiger partial charge in [0.2, 0.25) is 10.0 Å². The molecule has 3 rings (SSSR count). The molecule has 0 N–H and O–H groups in total. The quantitative estimate of drug-likeness (QED) is 0.713. The largest absolute Gasteiger partial charge is 0.335 e. The predicted octanol–water partition coefficient (Wildman–Crippen LogP) is 3.97. The molecule has 0 unspecified atom stereocenters. The van der Waals surface area contributed by atoms with Gasteiger partial charge in [-0.1, -0.05) is 24.6 Å². The minimum atomic E-state index is -3.63. The molecule has 2 aromatic carbocycles. The third kappa shape index (κ3) is 4.85. The molecule has 7 heteroatoms. The fourth-order valence-electron chi connectivity index (χ4n) is 3.62. The van der Waals surface area contributed by atoms with E-state index in [-0.39, 0.29) is 23.2 Å². The van der Waals surface area contributed by atoms with E-state index in [2.05, 4.69) is 0 Å². The van der Waals surface area contributed by atoms with Crippen molar-refractivity contribution in [1.29, 1.82) is 0 Å². The van der Waals surface area contributed by atoms with Crippen molar-refractivity contribution in [3.05, 3.63) is 65.0 Å². The van der Waals surface area contributed by atoms with Crippen LogP contribution in [-0.4, -0.2) is 43.2 Å². The Hall–Kier alpha value is -2.25. The van der Waals surface area contributed by atoms with E-state index in [0.29, 0.717) is 36.3 Å². The van der Waals surface area contributed by atoms with Gasteiger partial charge in [-0.2, -0.15) is 4.31 Å². The highest BCUT2D eigenvalue weighted by Crippen LogP contribution is 2.25. The lowest BCUT2D eigenvalue weighted by molar-refractivity contribution is 0.0752. The average Bonchev–Trinajstić information content (AvgIpc) is 2.72. The van der Waals surface area contributed by atoms with E-state index >= 15 is 0 Å². The third-order valence-corrected chi connectivity index (χ3v) is 7.34. The number of benzene rings is 2. The first-order chi connectivity index (χ1) is 13.8. The predicted molar refractivity (Wildman–Crippen MR) is 111 cm³/mol. The molecule has 0 aromatic heterocycles. The molecule has 0 spiro atoms. The van der Waals surface area contributed by atoms with Crippen LogP contribution in [0.4, 0.5) is 4.39 Å². The summed E-state index contributed by atoms with van der Waals surface area (Å²) >= 11 is 0. The third-order valence-electron chi connectivity index (χ3n) is 5.30. The second kappa shape index (κ2) is 9.05. The van der Waals surface area contributed by atoms with Gasteiger partial charge in [0.1, 0.15) is 5.82 Å². The molecule has 29 heavy (non-hydrogen) atoms. The van der Waals surface area contributed by atoms with Crippen molar-refractivity contribution < 1.29 is 17.6 Å². The van der Waals surface area contributed by atoms with Crippen LogP contribution in [0.25, 0.3) is 0 Å². The van der Waals surface area contributed by atoms with Crippen LogP contribution in [0.3, 0.4) is 0 Å². The van der Waals surface area contributed by atoms with Crippen molar-refractivity contribution in [2.45, 2.75) is 44.6 Å². The van der Waals surface area contributed by atoms with Gasteiger partial charge in [0, 0.05) is 31.7 Å². The topological polar surface area (TPSA) is 57.7 Å². The van der Waals surface area contributed by atoms with Gasteiger partial charge in [0.15, 0.2) is 0 Å². The lowest BCUT2D eigenvalue weighted by Crippen LogP contribution is -2.36. The van der Waals surface area contributed by atoms with E-state index in [0.717, 1.165) is 19.3 Å². The number of amides is 1. The molecule has 0 aliphatic carbocycles. The Balaban J connectivity index is 1.88. The van der Waals surface area contributed by atoms with Crippen LogP contribution in [-0.2, 0) is 16.6 Å². The highest BCUT2D eigenvalue weighted by Gasteiger charge is 2.28. The molecule has 5 nitrogen and oxygen atoms in total. The number of hydrogen-bond acceptors (Lipinski definition) is 3. The van der Waals surface area contributed by atoms with E-state index in [1.165, 1.54) is 22.5 Å². The number of piperidine rings is 1. The van der Waals surface area contributed by atoms with Crippen molar-refractivity contribution in [2.24, 2.45) is 0 Å². The monoisotopic (exact) mass is 418 g/mol. The standard InChI is InChI=1S/C22H27FN2O3S/c1-3-24(16-18-8-7-9-20(23)14-18)22(26)19-11-10-17(2)21(15-19)29(27,28)25-12-5-4-6-13-25/h7-11,14-15H,3-6,12-13,16H2,1-2H3. The molecule has 1 aliphatic heterocycles. The number of nitrogens with zero attached hydrogens (tertiary/aromatic N) is 2. The minimum absolute atomic E-state index is 0.187. The lowest BCUT2D eigenvalue weighted by Gasteiger charge is -2.27. The summed E-state index contributed by atoms with van der Waals surface area (Å²) in [4.78, 5) is 14.8. The minimum Gasteiger partial charge on any atom is -0.335 e. The Morgan fingerprint density at radius 3 is 2.48 bits per heavy atom. The van der Waals surface area contributed by atoms with Crippen LogP contribution in [0.5, 0.6) is 0 Å². The molecule has 1 aliphatic rings. The molecular weight excluding hydrogens is 391 g/mol. The number of carbonyl (C=O) groups excluding carboxylic acids is 1. The van der Waals surface area contributed by atoms with E-state index in [1.54, 1.807) is 36.1 Å². The molecule has 0 bridgehead atoms. The first kappa shape index (κ1) is 21.5. The summed E-state index contributed by atoms with van der Waals surface area (Å²) in [5, 5.41) is 0. The van der Waals surface area contributed by atoms with Gasteiger partial charge < -0.3 is 4.90 Å². The van der Waals surface area contributed by atoms with E-state index in [4.69, 9.17) is 0 Å². The fourth-order valence-corrected chi connectivity index (χ4v) is 5.39. The zero-order valence-corrected chi connectivity index (χ0v) is 17.7. The number of sulfonamides is 1. The zero-order valence-electron chi connectivity index (χ0n) is 16.9. The van der Waals surface area contributed by atoms with Crippen molar-refractivity contribution in [2.75, 3.05) is 19.6 Å². The Bertz CT molecular complexity index is 985. The molecular formula is C22H27FN2O3S. The van der Waals surface area contributed by atoms with Gasteiger partial charge in [-0.05, 0) is 62.1 Å². The summed E-state index contributed by atoms with van der Waals surface area (Å²) in [7, 11) is -3.63. The first-order valence-corrected chi connectivity index (χ1v) is 11.4. The van der Waals surface area contributed by atoms with E-state index in [1.807, 2.05) is 6.92 Å². The van der Waals surface area contributed by atoms with Crippen molar-refractivity contribution in [1.82, 2.24) is 9.21 Å². The van der Waals surface area contributed by atoms with Crippen LogP contribution in [0, 0.1) is 12.7 Å². The fraction of sp³-hybridized carbons (Fsp3) is 0.409. The molecule has 1 fully saturated rings. The summed E-state index contributed by atoms with van der Waals surface area (Å²) in [5.41, 5.74) is 1.64. The van der Waals surface area contributed by atoms with Crippen LogP contribution in [0.15, 0.2) is 47.4 Å². The number of rotatable bonds is 6. The zero-order chi connectivity index (χ0) is 21.0. The maximum Gasteiger partial charge on any atom is 0.254 e. The molecule has 0 atom stereocenters. The summed E-state index contributed by atoms with van der Waals surface area (Å²) < 4.78 is 41.2. The highest BCUT2D eigenvalue weighted by molar-refractivity contribution is 7.89. The van der Waals surface area contributed by atoms with Gasteiger partial charge in [-0.15, -0.1) is 0 Å². The lowest BCUT2D eigenvalue weighted by atomic mass is 10.1. The van der Waals surface area contributed by atoms with E-state index in [9.17, 15) is 17.6 Å². The molecule has 2 aromatic rings. The molecule has 0 radical (unpaired) electrons. The number of carbonyl (C=O) groups is 1. The number of aryl methyl sites for hydroxylation is 1. The SMILES string of the molecule is CCN(Cc1cccc(F)c1)C(=O)c1ccc(C)c(S(=O)(=O)N2CCCCC2)c1. The maximum atomic E-state index is 13.5. The van der Waals surface area contributed by atoms with Gasteiger partial charge in [-0.3, -0.25) is 4.79 Å². The summed E-state index contributed by atoms with van der Waals surface area (Å²) in [5.74, 6) is -0.622. The van der Waals surface area contributed by atoms with Crippen molar-refractivity contribution in [3.63, 3.8) is 0 Å². The highest BCUT2D eigenvalue weighted by atomic mass is 32.2. The Kier molecular flexibility index (Phi) is 6.70. The Morgan fingerprint density at radius 1 is 1.10 bits per heavy atom. The van der Waals surface area contributed by atoms with Crippen LogP contribution >= 0.6 is 0 Å². The van der Waals surface area contributed by atoms with E-state index < -0.39 is 10.0 Å². The normalized spacial score (nSPS) is 15.3. The molecule has 1 saturated heterocycles. The average molecular weight is 419 g/mol. The molecule has 1 heterocycles. The molecule has 1 amide bonds. The van der Waals surface area contributed by atoms with Crippen molar-refractivity contribution in [3.8, 4) is 0 Å². The van der Waals surface area contributed by atoms with Crippen molar-refractivity contribution >= 4 is 15.9 Å². The smallest absolute Gasteiger partial charge is 0.254 e. The number of halogens is 1. The molecule has 0 saturated carbocycles. The van der Waals surface area contributed by atoms with Gasteiger partial charge in [0.05, 0.1) is 4.90 Å². The summed E-state index contributed by atoms with van der Waals surface area (Å²) in [6.07, 6.45) is 2.75. The second-order valence-electron chi connectivity index (χ2n) is 7.39. The number of hydrogen-bond donors (Lipinski definition) is 0. The van der Waals surface area contributed by atoms with Gasteiger partial charge in [-0.25, -0.2) is 12.8 Å². The van der Waals surface area contributed by atoms with Crippen LogP contribution in [0.2, 0.25) is 0 Å². The first-order valence-electron chi connectivity index (χ1n) is 9.97. The molecule has 156 valence electrons. The van der Waals surface area contributed by atoms with Crippen LogP contribution in [0.1, 0.15) is 47.7 Å². The Labute approximate surface area is 172 Å². The summed E-state index contributed by atoms with van der Waals surface area (Å²) in [6.45, 7) is 5.31.